The normalized spacial score (nSPS) is 10.8. The molecule has 3 rings (SSSR count). The smallest absolute Gasteiger partial charge is 0.258 e. The van der Waals surface area contributed by atoms with Crippen molar-refractivity contribution in [3.63, 3.8) is 0 Å². The number of aromatic nitrogens is 1. The molecule has 2 aromatic carbocycles. The number of rotatable bonds is 6. The second-order valence-electron chi connectivity index (χ2n) is 7.49. The number of benzene rings is 2. The van der Waals surface area contributed by atoms with E-state index in [2.05, 4.69) is 10.6 Å². The standard InChI is InChI=1S/C23H25N3O4/c1-14(2)12-26-13-19(17-7-5-6-8-18(17)23(26)29)22(28)25-20-11-16(24-15(3)27)9-10-21(20)30-4/h5-11,13-14H,12H2,1-4H3,(H,24,27)(H,25,28). The number of fused-ring (bicyclic) bond motifs is 1. The molecule has 7 heteroatoms. The molecule has 0 aliphatic carbocycles. The summed E-state index contributed by atoms with van der Waals surface area (Å²) in [7, 11) is 1.50. The quantitative estimate of drug-likeness (QED) is 0.649. The number of carbonyl (C=O) groups is 2. The molecule has 0 bridgehead atoms. The number of pyridine rings is 1. The monoisotopic (exact) mass is 407 g/mol. The van der Waals surface area contributed by atoms with Crippen LogP contribution in [0.15, 0.2) is 53.5 Å². The van der Waals surface area contributed by atoms with E-state index in [0.717, 1.165) is 0 Å². The first-order valence-corrected chi connectivity index (χ1v) is 9.69. The van der Waals surface area contributed by atoms with Gasteiger partial charge in [0.1, 0.15) is 5.75 Å². The molecule has 0 fully saturated rings. The van der Waals surface area contributed by atoms with E-state index in [1.54, 1.807) is 53.2 Å². The molecule has 0 aliphatic heterocycles. The molecule has 1 aromatic heterocycles. The SMILES string of the molecule is COc1ccc(NC(C)=O)cc1NC(=O)c1cn(CC(C)C)c(=O)c2ccccc12. The van der Waals surface area contributed by atoms with Gasteiger partial charge in [0.2, 0.25) is 5.91 Å². The lowest BCUT2D eigenvalue weighted by atomic mass is 10.1. The third-order valence-corrected chi connectivity index (χ3v) is 4.57. The Balaban J connectivity index is 2.06. The van der Waals surface area contributed by atoms with Crippen LogP contribution in [-0.4, -0.2) is 23.5 Å². The van der Waals surface area contributed by atoms with Crippen LogP contribution in [0.3, 0.4) is 0 Å². The van der Waals surface area contributed by atoms with E-state index >= 15 is 0 Å². The number of hydrogen-bond acceptors (Lipinski definition) is 4. The molecule has 0 saturated carbocycles. The van der Waals surface area contributed by atoms with Gasteiger partial charge in [0, 0.05) is 36.1 Å². The predicted octanol–water partition coefficient (Wildman–Crippen LogP) is 3.88. The molecular formula is C23H25N3O4. The Labute approximate surface area is 174 Å². The van der Waals surface area contributed by atoms with Crippen molar-refractivity contribution in [3.05, 3.63) is 64.6 Å². The summed E-state index contributed by atoms with van der Waals surface area (Å²) in [4.78, 5) is 37.4. The lowest BCUT2D eigenvalue weighted by Crippen LogP contribution is -2.25. The van der Waals surface area contributed by atoms with Crippen LogP contribution in [0.4, 0.5) is 11.4 Å². The minimum atomic E-state index is -0.373. The molecule has 1 heterocycles. The van der Waals surface area contributed by atoms with Crippen molar-refractivity contribution in [1.82, 2.24) is 4.57 Å². The summed E-state index contributed by atoms with van der Waals surface area (Å²) in [6.45, 7) is 5.94. The van der Waals surface area contributed by atoms with Crippen molar-refractivity contribution < 1.29 is 14.3 Å². The number of carbonyl (C=O) groups excluding carboxylic acids is 2. The van der Waals surface area contributed by atoms with Gasteiger partial charge in [-0.15, -0.1) is 0 Å². The van der Waals surface area contributed by atoms with Gasteiger partial charge in [-0.05, 0) is 30.2 Å². The Morgan fingerprint density at radius 2 is 1.77 bits per heavy atom. The Bertz CT molecular complexity index is 1160. The molecule has 7 nitrogen and oxygen atoms in total. The number of amides is 2. The van der Waals surface area contributed by atoms with Gasteiger partial charge < -0.3 is 19.9 Å². The highest BCUT2D eigenvalue weighted by Gasteiger charge is 2.17. The first-order chi connectivity index (χ1) is 14.3. The number of nitrogens with one attached hydrogen (secondary N) is 2. The van der Waals surface area contributed by atoms with Crippen LogP contribution in [0.5, 0.6) is 5.75 Å². The largest absolute Gasteiger partial charge is 0.495 e. The average molecular weight is 407 g/mol. The molecule has 0 saturated heterocycles. The van der Waals surface area contributed by atoms with Gasteiger partial charge in [-0.25, -0.2) is 0 Å². The molecule has 2 N–H and O–H groups in total. The van der Waals surface area contributed by atoms with Crippen molar-refractivity contribution in [1.29, 1.82) is 0 Å². The summed E-state index contributed by atoms with van der Waals surface area (Å²) >= 11 is 0. The minimum Gasteiger partial charge on any atom is -0.495 e. The van der Waals surface area contributed by atoms with E-state index in [1.807, 2.05) is 13.8 Å². The zero-order valence-corrected chi connectivity index (χ0v) is 17.5. The van der Waals surface area contributed by atoms with Gasteiger partial charge in [-0.1, -0.05) is 32.0 Å². The van der Waals surface area contributed by atoms with Gasteiger partial charge in [0.15, 0.2) is 0 Å². The van der Waals surface area contributed by atoms with E-state index in [4.69, 9.17) is 4.74 Å². The van der Waals surface area contributed by atoms with Crippen LogP contribution in [0, 0.1) is 5.92 Å². The van der Waals surface area contributed by atoms with Crippen LogP contribution in [0.2, 0.25) is 0 Å². The lowest BCUT2D eigenvalue weighted by molar-refractivity contribution is -0.114. The van der Waals surface area contributed by atoms with Crippen LogP contribution < -0.4 is 20.9 Å². The zero-order chi connectivity index (χ0) is 21.8. The second-order valence-corrected chi connectivity index (χ2v) is 7.49. The van der Waals surface area contributed by atoms with Gasteiger partial charge in [0.25, 0.3) is 11.5 Å². The first kappa shape index (κ1) is 21.1. The highest BCUT2D eigenvalue weighted by Crippen LogP contribution is 2.29. The molecule has 2 amide bonds. The van der Waals surface area contributed by atoms with E-state index < -0.39 is 0 Å². The number of methoxy groups -OCH3 is 1. The Hall–Kier alpha value is -3.61. The van der Waals surface area contributed by atoms with E-state index in [-0.39, 0.29) is 23.3 Å². The molecule has 30 heavy (non-hydrogen) atoms. The van der Waals surface area contributed by atoms with Crippen LogP contribution in [0.25, 0.3) is 10.8 Å². The Morgan fingerprint density at radius 3 is 2.40 bits per heavy atom. The van der Waals surface area contributed by atoms with Crippen molar-refractivity contribution in [2.75, 3.05) is 17.7 Å². The molecule has 3 aromatic rings. The molecule has 0 unspecified atom stereocenters. The zero-order valence-electron chi connectivity index (χ0n) is 17.5. The van der Waals surface area contributed by atoms with E-state index in [1.165, 1.54) is 14.0 Å². The summed E-state index contributed by atoms with van der Waals surface area (Å²) in [5.41, 5.74) is 1.21. The fourth-order valence-electron chi connectivity index (χ4n) is 3.33. The minimum absolute atomic E-state index is 0.124. The topological polar surface area (TPSA) is 89.4 Å². The number of nitrogens with zero attached hydrogens (tertiary/aromatic N) is 1. The summed E-state index contributed by atoms with van der Waals surface area (Å²) in [5, 5.41) is 6.61. The summed E-state index contributed by atoms with van der Waals surface area (Å²) in [5.74, 6) is 0.109. The maximum Gasteiger partial charge on any atom is 0.258 e. The highest BCUT2D eigenvalue weighted by molar-refractivity contribution is 6.13. The van der Waals surface area contributed by atoms with Gasteiger partial charge in [-0.2, -0.15) is 0 Å². The second kappa shape index (κ2) is 8.82. The third kappa shape index (κ3) is 4.51. The molecule has 0 atom stereocenters. The number of anilines is 2. The number of hydrogen-bond donors (Lipinski definition) is 2. The summed E-state index contributed by atoms with van der Waals surface area (Å²) in [6.07, 6.45) is 1.60. The van der Waals surface area contributed by atoms with Crippen molar-refractivity contribution in [3.8, 4) is 5.75 Å². The molecule has 0 aliphatic rings. The highest BCUT2D eigenvalue weighted by atomic mass is 16.5. The van der Waals surface area contributed by atoms with E-state index in [0.29, 0.717) is 40.0 Å². The fourth-order valence-corrected chi connectivity index (χ4v) is 3.33. The van der Waals surface area contributed by atoms with Gasteiger partial charge in [0.05, 0.1) is 18.4 Å². The van der Waals surface area contributed by atoms with Crippen molar-refractivity contribution >= 4 is 34.0 Å². The molecule has 156 valence electrons. The number of ether oxygens (including phenoxy) is 1. The summed E-state index contributed by atoms with van der Waals surface area (Å²) in [6, 6.07) is 12.0. The Morgan fingerprint density at radius 1 is 1.07 bits per heavy atom. The Kier molecular flexibility index (Phi) is 6.20. The van der Waals surface area contributed by atoms with Crippen molar-refractivity contribution in [2.24, 2.45) is 5.92 Å². The maximum absolute atomic E-state index is 13.2. The predicted molar refractivity (Wildman–Crippen MR) is 118 cm³/mol. The fraction of sp³-hybridized carbons (Fsp3) is 0.261. The molecule has 0 radical (unpaired) electrons. The van der Waals surface area contributed by atoms with Crippen LogP contribution >= 0.6 is 0 Å². The third-order valence-electron chi connectivity index (χ3n) is 4.57. The average Bonchev–Trinajstić information content (AvgIpc) is 2.69. The molecular weight excluding hydrogens is 382 g/mol. The first-order valence-electron chi connectivity index (χ1n) is 9.69. The van der Waals surface area contributed by atoms with Crippen LogP contribution in [0.1, 0.15) is 31.1 Å². The van der Waals surface area contributed by atoms with Gasteiger partial charge >= 0.3 is 0 Å². The van der Waals surface area contributed by atoms with E-state index in [9.17, 15) is 14.4 Å². The molecule has 0 spiro atoms. The van der Waals surface area contributed by atoms with Crippen molar-refractivity contribution in [2.45, 2.75) is 27.3 Å². The summed E-state index contributed by atoms with van der Waals surface area (Å²) < 4.78 is 6.92. The maximum atomic E-state index is 13.2. The lowest BCUT2D eigenvalue weighted by Gasteiger charge is -2.16. The van der Waals surface area contributed by atoms with Crippen LogP contribution in [-0.2, 0) is 11.3 Å². The van der Waals surface area contributed by atoms with Gasteiger partial charge in [-0.3, -0.25) is 14.4 Å².